The monoisotopic (exact) mass is 214 g/mol. The van der Waals surface area contributed by atoms with Gasteiger partial charge in [-0.15, -0.1) is 0 Å². The molecular weight excluding hydrogens is 192 g/mol. The maximum Gasteiger partial charge on any atom is 0.222 e. The largest absolute Gasteiger partial charge is 0.378 e. The Morgan fingerprint density at radius 2 is 2.20 bits per heavy atom. The first-order chi connectivity index (χ1) is 7.22. The lowest BCUT2D eigenvalue weighted by molar-refractivity contribution is -0.134. The minimum absolute atomic E-state index is 0.105. The molecule has 15 heavy (non-hydrogen) atoms. The molecular formula is C11H22N2O2. The second kappa shape index (κ2) is 6.08. The van der Waals surface area contributed by atoms with Crippen molar-refractivity contribution in [2.45, 2.75) is 44.1 Å². The van der Waals surface area contributed by atoms with Crippen LogP contribution in [0.1, 0.15) is 38.5 Å². The number of rotatable bonds is 7. The standard InChI is InChI=1S/C11H22N2O2/c1-15-11(5-4-6-11)9-10(14)13-8-3-2-7-12/h2-9,12H2,1H3,(H,13,14). The van der Waals surface area contributed by atoms with Gasteiger partial charge in [0.1, 0.15) is 0 Å². The highest BCUT2D eigenvalue weighted by Gasteiger charge is 2.38. The number of carbonyl (C=O) groups excluding carboxylic acids is 1. The van der Waals surface area contributed by atoms with Crippen molar-refractivity contribution in [3.05, 3.63) is 0 Å². The van der Waals surface area contributed by atoms with Gasteiger partial charge >= 0.3 is 0 Å². The summed E-state index contributed by atoms with van der Waals surface area (Å²) in [4.78, 5) is 11.6. The van der Waals surface area contributed by atoms with E-state index < -0.39 is 0 Å². The van der Waals surface area contributed by atoms with Crippen molar-refractivity contribution in [1.82, 2.24) is 5.32 Å². The molecule has 0 aromatic carbocycles. The van der Waals surface area contributed by atoms with Crippen molar-refractivity contribution in [3.63, 3.8) is 0 Å². The molecule has 1 amide bonds. The van der Waals surface area contributed by atoms with Gasteiger partial charge in [0.25, 0.3) is 0 Å². The fourth-order valence-corrected chi connectivity index (χ4v) is 1.88. The Kier molecular flexibility index (Phi) is 5.05. The second-order valence-electron chi connectivity index (χ2n) is 4.26. The fraction of sp³-hybridized carbons (Fsp3) is 0.909. The van der Waals surface area contributed by atoms with Crippen LogP contribution < -0.4 is 11.1 Å². The summed E-state index contributed by atoms with van der Waals surface area (Å²) < 4.78 is 5.39. The zero-order valence-electron chi connectivity index (χ0n) is 9.55. The average Bonchev–Trinajstić information content (AvgIpc) is 2.18. The average molecular weight is 214 g/mol. The normalized spacial score (nSPS) is 18.3. The summed E-state index contributed by atoms with van der Waals surface area (Å²) in [6.45, 7) is 1.42. The molecule has 0 atom stereocenters. The molecule has 0 saturated heterocycles. The summed E-state index contributed by atoms with van der Waals surface area (Å²) in [5.74, 6) is 0.105. The molecule has 1 fully saturated rings. The quantitative estimate of drug-likeness (QED) is 0.616. The lowest BCUT2D eigenvalue weighted by atomic mass is 9.77. The van der Waals surface area contributed by atoms with Crippen LogP contribution in [0.2, 0.25) is 0 Å². The molecule has 0 aromatic heterocycles. The van der Waals surface area contributed by atoms with Crippen molar-refractivity contribution in [1.29, 1.82) is 0 Å². The summed E-state index contributed by atoms with van der Waals surface area (Å²) in [5.41, 5.74) is 5.21. The molecule has 0 aliphatic heterocycles. The fourth-order valence-electron chi connectivity index (χ4n) is 1.88. The van der Waals surface area contributed by atoms with E-state index in [0.717, 1.165) is 32.2 Å². The highest BCUT2D eigenvalue weighted by atomic mass is 16.5. The molecule has 1 rings (SSSR count). The lowest BCUT2D eigenvalue weighted by Gasteiger charge is -2.39. The molecule has 4 nitrogen and oxygen atoms in total. The van der Waals surface area contributed by atoms with Crippen LogP contribution in [0.25, 0.3) is 0 Å². The van der Waals surface area contributed by atoms with E-state index in [1.54, 1.807) is 7.11 Å². The topological polar surface area (TPSA) is 64.3 Å². The number of hydrogen-bond donors (Lipinski definition) is 2. The van der Waals surface area contributed by atoms with Crippen molar-refractivity contribution < 1.29 is 9.53 Å². The Balaban J connectivity index is 2.12. The Morgan fingerprint density at radius 1 is 1.47 bits per heavy atom. The Morgan fingerprint density at radius 3 is 2.67 bits per heavy atom. The van der Waals surface area contributed by atoms with E-state index in [0.29, 0.717) is 13.0 Å². The van der Waals surface area contributed by atoms with Gasteiger partial charge in [-0.1, -0.05) is 0 Å². The first-order valence-corrected chi connectivity index (χ1v) is 5.74. The van der Waals surface area contributed by atoms with E-state index in [-0.39, 0.29) is 11.5 Å². The van der Waals surface area contributed by atoms with Gasteiger partial charge in [-0.25, -0.2) is 0 Å². The van der Waals surface area contributed by atoms with Gasteiger partial charge in [-0.2, -0.15) is 0 Å². The van der Waals surface area contributed by atoms with Crippen LogP contribution in [0.15, 0.2) is 0 Å². The van der Waals surface area contributed by atoms with Crippen LogP contribution >= 0.6 is 0 Å². The van der Waals surface area contributed by atoms with Gasteiger partial charge in [-0.05, 0) is 38.6 Å². The first kappa shape index (κ1) is 12.5. The van der Waals surface area contributed by atoms with Gasteiger partial charge < -0.3 is 15.8 Å². The molecule has 0 heterocycles. The number of carbonyl (C=O) groups is 1. The first-order valence-electron chi connectivity index (χ1n) is 5.74. The number of amides is 1. The van der Waals surface area contributed by atoms with Crippen LogP contribution in [0.5, 0.6) is 0 Å². The molecule has 1 aliphatic rings. The van der Waals surface area contributed by atoms with E-state index in [2.05, 4.69) is 5.32 Å². The molecule has 0 aromatic rings. The third-order valence-electron chi connectivity index (χ3n) is 3.13. The van der Waals surface area contributed by atoms with E-state index in [4.69, 9.17) is 10.5 Å². The van der Waals surface area contributed by atoms with Gasteiger partial charge in [0.2, 0.25) is 5.91 Å². The van der Waals surface area contributed by atoms with Crippen LogP contribution in [-0.4, -0.2) is 31.7 Å². The molecule has 88 valence electrons. The number of ether oxygens (including phenoxy) is 1. The zero-order chi connectivity index (χ0) is 11.1. The van der Waals surface area contributed by atoms with Crippen molar-refractivity contribution >= 4 is 5.91 Å². The second-order valence-corrected chi connectivity index (χ2v) is 4.26. The van der Waals surface area contributed by atoms with Crippen LogP contribution in [0.4, 0.5) is 0 Å². The van der Waals surface area contributed by atoms with E-state index in [9.17, 15) is 4.79 Å². The number of nitrogens with one attached hydrogen (secondary N) is 1. The maximum atomic E-state index is 11.6. The van der Waals surface area contributed by atoms with Crippen LogP contribution in [0, 0.1) is 0 Å². The maximum absolute atomic E-state index is 11.6. The Hall–Kier alpha value is -0.610. The van der Waals surface area contributed by atoms with Crippen molar-refractivity contribution in [2.75, 3.05) is 20.2 Å². The molecule has 1 aliphatic carbocycles. The molecule has 0 bridgehead atoms. The van der Waals surface area contributed by atoms with Gasteiger partial charge in [0, 0.05) is 13.7 Å². The third kappa shape index (κ3) is 3.80. The minimum atomic E-state index is -0.155. The van der Waals surface area contributed by atoms with Crippen molar-refractivity contribution in [3.8, 4) is 0 Å². The molecule has 0 radical (unpaired) electrons. The highest BCUT2D eigenvalue weighted by Crippen LogP contribution is 2.37. The van der Waals surface area contributed by atoms with Gasteiger partial charge in [0.05, 0.1) is 12.0 Å². The predicted octanol–water partition coefficient (Wildman–Crippen LogP) is 0.801. The smallest absolute Gasteiger partial charge is 0.222 e. The number of unbranched alkanes of at least 4 members (excludes halogenated alkanes) is 1. The summed E-state index contributed by atoms with van der Waals surface area (Å²) >= 11 is 0. The van der Waals surface area contributed by atoms with Gasteiger partial charge in [-0.3, -0.25) is 4.79 Å². The highest BCUT2D eigenvalue weighted by molar-refractivity contribution is 5.77. The molecule has 0 unspecified atom stereocenters. The zero-order valence-corrected chi connectivity index (χ0v) is 9.55. The lowest BCUT2D eigenvalue weighted by Crippen LogP contribution is -2.44. The molecule has 3 N–H and O–H groups in total. The number of hydrogen-bond acceptors (Lipinski definition) is 3. The van der Waals surface area contributed by atoms with Crippen LogP contribution in [-0.2, 0) is 9.53 Å². The SMILES string of the molecule is COC1(CC(=O)NCCCCN)CCC1. The van der Waals surface area contributed by atoms with Gasteiger partial charge in [0.15, 0.2) is 0 Å². The summed E-state index contributed by atoms with van der Waals surface area (Å²) in [5, 5.41) is 2.90. The van der Waals surface area contributed by atoms with Crippen molar-refractivity contribution in [2.24, 2.45) is 5.73 Å². The Bertz CT molecular complexity index is 197. The van der Waals surface area contributed by atoms with Crippen LogP contribution in [0.3, 0.4) is 0 Å². The molecule has 4 heteroatoms. The molecule has 1 saturated carbocycles. The predicted molar refractivity (Wildman–Crippen MR) is 59.5 cm³/mol. The summed E-state index contributed by atoms with van der Waals surface area (Å²) in [6.07, 6.45) is 5.64. The third-order valence-corrected chi connectivity index (χ3v) is 3.13. The summed E-state index contributed by atoms with van der Waals surface area (Å²) in [7, 11) is 1.70. The van der Waals surface area contributed by atoms with E-state index in [1.165, 1.54) is 6.42 Å². The number of nitrogens with two attached hydrogens (primary N) is 1. The minimum Gasteiger partial charge on any atom is -0.378 e. The Labute approximate surface area is 91.5 Å². The van der Waals surface area contributed by atoms with E-state index in [1.807, 2.05) is 0 Å². The summed E-state index contributed by atoms with van der Waals surface area (Å²) in [6, 6.07) is 0. The number of methoxy groups -OCH3 is 1. The van der Waals surface area contributed by atoms with E-state index >= 15 is 0 Å². The molecule has 0 spiro atoms.